The lowest BCUT2D eigenvalue weighted by Gasteiger charge is -2.25. The van der Waals surface area contributed by atoms with E-state index in [0.29, 0.717) is 23.2 Å². The number of carbonyl (C=O) groups is 1. The van der Waals surface area contributed by atoms with Crippen LogP contribution in [0.2, 0.25) is 0 Å². The van der Waals surface area contributed by atoms with Gasteiger partial charge in [0.25, 0.3) is 5.91 Å². The molecule has 0 unspecified atom stereocenters. The van der Waals surface area contributed by atoms with Crippen LogP contribution < -0.4 is 25.6 Å². The van der Waals surface area contributed by atoms with Gasteiger partial charge >= 0.3 is 0 Å². The summed E-state index contributed by atoms with van der Waals surface area (Å²) in [6.07, 6.45) is -0.732. The molecule has 24 heavy (non-hydrogen) atoms. The highest BCUT2D eigenvalue weighted by atomic mass is 32.1. The minimum atomic E-state index is -0.732. The molecule has 1 amide bonds. The Kier molecular flexibility index (Phi) is 5.12. The minimum Gasteiger partial charge on any atom is -0.485 e. The number of hydrogen-bond donors (Lipinski definition) is 3. The molecule has 0 fully saturated rings. The topological polar surface area (TPSA) is 71.6 Å². The summed E-state index contributed by atoms with van der Waals surface area (Å²) in [5, 5.41) is 3.33. The summed E-state index contributed by atoms with van der Waals surface area (Å²) < 4.78 is 11.1. The van der Waals surface area contributed by atoms with Crippen molar-refractivity contribution in [2.24, 2.45) is 0 Å². The Hall–Kier alpha value is -2.80. The zero-order chi connectivity index (χ0) is 16.8. The summed E-state index contributed by atoms with van der Waals surface area (Å²) >= 11 is 5.13. The number of benzene rings is 2. The van der Waals surface area contributed by atoms with Crippen molar-refractivity contribution in [1.29, 1.82) is 0 Å². The van der Waals surface area contributed by atoms with E-state index in [1.807, 2.05) is 42.5 Å². The molecule has 1 heterocycles. The maximum absolute atomic E-state index is 12.1. The van der Waals surface area contributed by atoms with Crippen molar-refractivity contribution < 1.29 is 14.3 Å². The van der Waals surface area contributed by atoms with Gasteiger partial charge in [-0.1, -0.05) is 42.5 Å². The highest BCUT2D eigenvalue weighted by Gasteiger charge is 2.27. The normalized spacial score (nSPS) is 15.2. The molecule has 124 valence electrons. The lowest BCUT2D eigenvalue weighted by Crippen LogP contribution is -2.53. The fourth-order valence-corrected chi connectivity index (χ4v) is 2.29. The average molecular weight is 343 g/mol. The zero-order valence-corrected chi connectivity index (χ0v) is 13.6. The molecule has 3 rings (SSSR count). The molecule has 3 N–H and O–H groups in total. The highest BCUT2D eigenvalue weighted by molar-refractivity contribution is 7.80. The number of fused-ring (bicyclic) bond motifs is 1. The van der Waals surface area contributed by atoms with Crippen molar-refractivity contribution in [3.63, 3.8) is 0 Å². The Balaban J connectivity index is 1.43. The van der Waals surface area contributed by atoms with Crippen LogP contribution in [0.1, 0.15) is 5.56 Å². The Morgan fingerprint density at radius 1 is 1.04 bits per heavy atom. The summed E-state index contributed by atoms with van der Waals surface area (Å²) in [6, 6.07) is 17.0. The van der Waals surface area contributed by atoms with Crippen LogP contribution in [0.3, 0.4) is 0 Å². The van der Waals surface area contributed by atoms with Crippen molar-refractivity contribution in [2.45, 2.75) is 12.6 Å². The first kappa shape index (κ1) is 16.1. The zero-order valence-electron chi connectivity index (χ0n) is 12.8. The van der Waals surface area contributed by atoms with E-state index in [9.17, 15) is 4.79 Å². The van der Waals surface area contributed by atoms with Crippen LogP contribution in [0.5, 0.6) is 11.5 Å². The molecule has 7 heteroatoms. The number of ether oxygens (including phenoxy) is 2. The number of hydrogen-bond acceptors (Lipinski definition) is 4. The van der Waals surface area contributed by atoms with E-state index in [2.05, 4.69) is 16.2 Å². The number of rotatable bonds is 3. The first-order valence-electron chi connectivity index (χ1n) is 7.48. The van der Waals surface area contributed by atoms with Gasteiger partial charge in [0.2, 0.25) is 6.10 Å². The van der Waals surface area contributed by atoms with Crippen molar-refractivity contribution in [1.82, 2.24) is 16.2 Å². The third-order valence-corrected chi connectivity index (χ3v) is 3.64. The smallest absolute Gasteiger partial charge is 0.283 e. The van der Waals surface area contributed by atoms with Crippen LogP contribution in [-0.4, -0.2) is 23.7 Å². The first-order valence-corrected chi connectivity index (χ1v) is 7.89. The van der Waals surface area contributed by atoms with Crippen molar-refractivity contribution >= 4 is 23.2 Å². The second-order valence-electron chi connectivity index (χ2n) is 5.15. The molecule has 1 aliphatic heterocycles. The largest absolute Gasteiger partial charge is 0.485 e. The Labute approximate surface area is 145 Å². The van der Waals surface area contributed by atoms with Gasteiger partial charge in [-0.15, -0.1) is 0 Å². The van der Waals surface area contributed by atoms with Gasteiger partial charge < -0.3 is 14.8 Å². The maximum Gasteiger partial charge on any atom is 0.283 e. The Morgan fingerprint density at radius 3 is 2.54 bits per heavy atom. The lowest BCUT2D eigenvalue weighted by atomic mass is 10.2. The SMILES string of the molecule is O=C(NNC(=S)NCc1ccccc1)[C@@H]1COc2ccccc2O1. The van der Waals surface area contributed by atoms with Gasteiger partial charge in [0, 0.05) is 6.54 Å². The predicted molar refractivity (Wildman–Crippen MR) is 93.5 cm³/mol. The second kappa shape index (κ2) is 7.65. The van der Waals surface area contributed by atoms with Gasteiger partial charge in [-0.25, -0.2) is 0 Å². The molecule has 0 radical (unpaired) electrons. The van der Waals surface area contributed by atoms with Crippen LogP contribution >= 0.6 is 12.2 Å². The quantitative estimate of drug-likeness (QED) is 0.580. The number of carbonyl (C=O) groups excluding carboxylic acids is 1. The molecule has 0 aromatic heterocycles. The molecule has 1 aliphatic rings. The molecule has 2 aromatic rings. The summed E-state index contributed by atoms with van der Waals surface area (Å²) in [6.45, 7) is 0.716. The number of nitrogens with one attached hydrogen (secondary N) is 3. The van der Waals surface area contributed by atoms with Gasteiger partial charge in [-0.2, -0.15) is 0 Å². The number of thiocarbonyl (C=S) groups is 1. The van der Waals surface area contributed by atoms with Crippen molar-refractivity contribution in [2.75, 3.05) is 6.61 Å². The third-order valence-electron chi connectivity index (χ3n) is 3.40. The lowest BCUT2D eigenvalue weighted by molar-refractivity contribution is -0.130. The summed E-state index contributed by atoms with van der Waals surface area (Å²) in [4.78, 5) is 12.1. The molecule has 0 aliphatic carbocycles. The molecule has 0 bridgehead atoms. The van der Waals surface area contributed by atoms with Gasteiger partial charge in [-0.3, -0.25) is 15.6 Å². The highest BCUT2D eigenvalue weighted by Crippen LogP contribution is 2.30. The van der Waals surface area contributed by atoms with E-state index in [1.54, 1.807) is 12.1 Å². The van der Waals surface area contributed by atoms with Crippen LogP contribution in [0, 0.1) is 0 Å². The van der Waals surface area contributed by atoms with Crippen LogP contribution in [0.15, 0.2) is 54.6 Å². The standard InChI is InChI=1S/C17H17N3O3S/c21-16(15-11-22-13-8-4-5-9-14(13)23-15)19-20-17(24)18-10-12-6-2-1-3-7-12/h1-9,15H,10-11H2,(H,19,21)(H2,18,20,24)/t15-/m0/s1. The van der Waals surface area contributed by atoms with Crippen LogP contribution in [0.4, 0.5) is 0 Å². The van der Waals surface area contributed by atoms with Gasteiger partial charge in [0.1, 0.15) is 6.61 Å². The van der Waals surface area contributed by atoms with E-state index in [0.717, 1.165) is 5.56 Å². The molecule has 0 saturated heterocycles. The minimum absolute atomic E-state index is 0.148. The van der Waals surface area contributed by atoms with E-state index in [-0.39, 0.29) is 12.5 Å². The Morgan fingerprint density at radius 2 is 1.75 bits per heavy atom. The van der Waals surface area contributed by atoms with Crippen LogP contribution in [0.25, 0.3) is 0 Å². The summed E-state index contributed by atoms with van der Waals surface area (Å²) in [5.74, 6) is 0.830. The molecule has 1 atom stereocenters. The average Bonchev–Trinajstić information content (AvgIpc) is 2.65. The number of para-hydroxylation sites is 2. The predicted octanol–water partition coefficient (Wildman–Crippen LogP) is 1.52. The number of hydrazine groups is 1. The summed E-state index contributed by atoms with van der Waals surface area (Å²) in [7, 11) is 0. The fourth-order valence-electron chi connectivity index (χ4n) is 2.17. The first-order chi connectivity index (χ1) is 11.7. The fraction of sp³-hybridized carbons (Fsp3) is 0.176. The molecular weight excluding hydrogens is 326 g/mol. The molecule has 0 spiro atoms. The van der Waals surface area contributed by atoms with E-state index < -0.39 is 6.10 Å². The van der Waals surface area contributed by atoms with Crippen molar-refractivity contribution in [3.8, 4) is 11.5 Å². The Bertz CT molecular complexity index is 724. The second-order valence-corrected chi connectivity index (χ2v) is 5.56. The summed E-state index contributed by atoms with van der Waals surface area (Å²) in [5.41, 5.74) is 6.27. The molecular formula is C17H17N3O3S. The third kappa shape index (κ3) is 4.14. The van der Waals surface area contributed by atoms with Crippen molar-refractivity contribution in [3.05, 3.63) is 60.2 Å². The molecule has 6 nitrogen and oxygen atoms in total. The van der Waals surface area contributed by atoms with E-state index >= 15 is 0 Å². The monoisotopic (exact) mass is 343 g/mol. The maximum atomic E-state index is 12.1. The molecule has 2 aromatic carbocycles. The van der Waals surface area contributed by atoms with Gasteiger partial charge in [0.15, 0.2) is 16.6 Å². The van der Waals surface area contributed by atoms with E-state index in [4.69, 9.17) is 21.7 Å². The number of amides is 1. The van der Waals surface area contributed by atoms with Gasteiger partial charge in [0.05, 0.1) is 0 Å². The van der Waals surface area contributed by atoms with Crippen LogP contribution in [-0.2, 0) is 11.3 Å². The van der Waals surface area contributed by atoms with Gasteiger partial charge in [-0.05, 0) is 29.9 Å². The van der Waals surface area contributed by atoms with E-state index in [1.165, 1.54) is 0 Å². The molecule has 0 saturated carbocycles.